The molecular formula is C11H10F3N3O. The average molecular weight is 257 g/mol. The number of aromatic nitrogens is 1. The Morgan fingerprint density at radius 1 is 1.61 bits per heavy atom. The van der Waals surface area contributed by atoms with Gasteiger partial charge in [0.05, 0.1) is 6.07 Å². The van der Waals surface area contributed by atoms with Gasteiger partial charge >= 0.3 is 6.18 Å². The molecule has 0 radical (unpaired) electrons. The van der Waals surface area contributed by atoms with Gasteiger partial charge in [0.15, 0.2) is 0 Å². The first-order valence-electron chi connectivity index (χ1n) is 5.04. The number of hydrogen-bond donors (Lipinski definition) is 1. The lowest BCUT2D eigenvalue weighted by Crippen LogP contribution is -2.29. The molecule has 1 unspecified atom stereocenters. The van der Waals surface area contributed by atoms with Gasteiger partial charge in [-0.15, -0.1) is 0 Å². The van der Waals surface area contributed by atoms with Crippen molar-refractivity contribution in [3.63, 3.8) is 0 Å². The number of halogens is 3. The third-order valence-corrected chi connectivity index (χ3v) is 2.20. The van der Waals surface area contributed by atoms with Crippen LogP contribution in [0.5, 0.6) is 0 Å². The maximum absolute atomic E-state index is 12.6. The zero-order valence-corrected chi connectivity index (χ0v) is 9.45. The first kappa shape index (κ1) is 14.0. The molecule has 1 heterocycles. The van der Waals surface area contributed by atoms with Crippen molar-refractivity contribution < 1.29 is 18.0 Å². The maximum atomic E-state index is 12.6. The lowest BCUT2D eigenvalue weighted by atomic mass is 10.1. The number of hydrogen-bond acceptors (Lipinski definition) is 3. The summed E-state index contributed by atoms with van der Waals surface area (Å²) in [6.45, 7) is 1.05. The minimum Gasteiger partial charge on any atom is -0.351 e. The molecule has 0 aromatic carbocycles. The summed E-state index contributed by atoms with van der Waals surface area (Å²) in [7, 11) is 0. The molecule has 0 saturated carbocycles. The summed E-state index contributed by atoms with van der Waals surface area (Å²) >= 11 is 0. The van der Waals surface area contributed by atoms with Crippen LogP contribution in [0.4, 0.5) is 13.2 Å². The van der Waals surface area contributed by atoms with Gasteiger partial charge in [0.1, 0.15) is 11.6 Å². The zero-order chi connectivity index (χ0) is 13.8. The predicted octanol–water partition coefficient (Wildman–Crippen LogP) is 1.88. The molecule has 0 spiro atoms. The van der Waals surface area contributed by atoms with Crippen molar-refractivity contribution in [2.24, 2.45) is 5.92 Å². The van der Waals surface area contributed by atoms with E-state index in [1.807, 2.05) is 0 Å². The Labute approximate surface area is 101 Å². The van der Waals surface area contributed by atoms with Crippen molar-refractivity contribution in [1.29, 1.82) is 5.26 Å². The minimum absolute atomic E-state index is 0.136. The topological polar surface area (TPSA) is 65.8 Å². The van der Waals surface area contributed by atoms with Gasteiger partial charge in [0, 0.05) is 18.3 Å². The summed E-state index contributed by atoms with van der Waals surface area (Å²) in [6, 6.07) is 4.28. The molecule has 0 saturated heterocycles. The molecule has 1 atom stereocenters. The molecule has 0 aliphatic heterocycles. The Bertz CT molecular complexity index is 479. The van der Waals surface area contributed by atoms with Gasteiger partial charge in [-0.3, -0.25) is 9.78 Å². The van der Waals surface area contributed by atoms with Crippen molar-refractivity contribution in [1.82, 2.24) is 10.3 Å². The smallest absolute Gasteiger partial charge is 0.351 e. The predicted molar refractivity (Wildman–Crippen MR) is 55.9 cm³/mol. The molecule has 0 bridgehead atoms. The Hall–Kier alpha value is -2.10. The van der Waals surface area contributed by atoms with Gasteiger partial charge in [-0.05, 0) is 13.0 Å². The molecule has 0 aliphatic carbocycles. The van der Waals surface area contributed by atoms with E-state index >= 15 is 0 Å². The van der Waals surface area contributed by atoms with Crippen LogP contribution in [-0.2, 0) is 17.5 Å². The maximum Gasteiger partial charge on any atom is 0.433 e. The molecule has 1 amide bonds. The fourth-order valence-electron chi connectivity index (χ4n) is 1.23. The lowest BCUT2D eigenvalue weighted by Gasteiger charge is -2.12. The standard InChI is InChI=1S/C11H10F3N3O/c1-7(5-15)10(18)17-6-8-3-2-4-16-9(8)11(12,13)14/h2-4,7H,6H2,1H3,(H,17,18). The third-order valence-electron chi connectivity index (χ3n) is 2.20. The van der Waals surface area contributed by atoms with E-state index in [-0.39, 0.29) is 12.1 Å². The van der Waals surface area contributed by atoms with E-state index in [9.17, 15) is 18.0 Å². The van der Waals surface area contributed by atoms with Crippen molar-refractivity contribution >= 4 is 5.91 Å². The van der Waals surface area contributed by atoms with E-state index in [1.165, 1.54) is 19.1 Å². The van der Waals surface area contributed by atoms with Gasteiger partial charge in [-0.25, -0.2) is 0 Å². The molecular weight excluding hydrogens is 247 g/mol. The van der Waals surface area contributed by atoms with Crippen molar-refractivity contribution in [3.8, 4) is 6.07 Å². The summed E-state index contributed by atoms with van der Waals surface area (Å²) in [5.41, 5.74) is -1.17. The molecule has 0 fully saturated rings. The number of pyridine rings is 1. The lowest BCUT2D eigenvalue weighted by molar-refractivity contribution is -0.142. The summed E-state index contributed by atoms with van der Waals surface area (Å²) in [5, 5.41) is 10.7. The van der Waals surface area contributed by atoms with Gasteiger partial charge in [0.25, 0.3) is 0 Å². The summed E-state index contributed by atoms with van der Waals surface area (Å²) in [5.74, 6) is -1.52. The highest BCUT2D eigenvalue weighted by molar-refractivity contribution is 5.80. The Morgan fingerprint density at radius 3 is 2.83 bits per heavy atom. The highest BCUT2D eigenvalue weighted by atomic mass is 19.4. The van der Waals surface area contributed by atoms with Crippen LogP contribution < -0.4 is 5.32 Å². The number of amides is 1. The molecule has 4 nitrogen and oxygen atoms in total. The SMILES string of the molecule is CC(C#N)C(=O)NCc1cccnc1C(F)(F)F. The molecule has 96 valence electrons. The first-order valence-corrected chi connectivity index (χ1v) is 5.04. The number of nitrogens with one attached hydrogen (secondary N) is 1. The number of alkyl halides is 3. The van der Waals surface area contributed by atoms with Crippen molar-refractivity contribution in [3.05, 3.63) is 29.6 Å². The number of nitrogens with zero attached hydrogens (tertiary/aromatic N) is 2. The van der Waals surface area contributed by atoms with Crippen molar-refractivity contribution in [2.75, 3.05) is 0 Å². The van der Waals surface area contributed by atoms with Gasteiger partial charge in [-0.1, -0.05) is 6.07 Å². The molecule has 18 heavy (non-hydrogen) atoms. The van der Waals surface area contributed by atoms with Crippen LogP contribution in [0.15, 0.2) is 18.3 Å². The Balaban J connectivity index is 2.81. The molecule has 1 aromatic heterocycles. The quantitative estimate of drug-likeness (QED) is 0.899. The summed E-state index contributed by atoms with van der Waals surface area (Å²) in [4.78, 5) is 14.5. The van der Waals surface area contributed by atoms with E-state index in [4.69, 9.17) is 5.26 Å². The average Bonchev–Trinajstić information content (AvgIpc) is 2.34. The zero-order valence-electron chi connectivity index (χ0n) is 9.45. The third kappa shape index (κ3) is 3.45. The van der Waals surface area contributed by atoms with Crippen LogP contribution in [0.3, 0.4) is 0 Å². The fraction of sp³-hybridized carbons (Fsp3) is 0.364. The van der Waals surface area contributed by atoms with Crippen LogP contribution in [0.1, 0.15) is 18.2 Å². The molecule has 7 heteroatoms. The van der Waals surface area contributed by atoms with Gasteiger partial charge in [0.2, 0.25) is 5.91 Å². The Kier molecular flexibility index (Phi) is 4.26. The highest BCUT2D eigenvalue weighted by Gasteiger charge is 2.34. The van der Waals surface area contributed by atoms with Crippen LogP contribution in [0, 0.1) is 17.2 Å². The van der Waals surface area contributed by atoms with Crippen molar-refractivity contribution in [2.45, 2.75) is 19.6 Å². The monoisotopic (exact) mass is 257 g/mol. The van der Waals surface area contributed by atoms with E-state index in [0.29, 0.717) is 0 Å². The highest BCUT2D eigenvalue weighted by Crippen LogP contribution is 2.29. The van der Waals surface area contributed by atoms with Crippen LogP contribution in [0.2, 0.25) is 0 Å². The minimum atomic E-state index is -4.57. The summed E-state index contributed by atoms with van der Waals surface area (Å²) in [6.07, 6.45) is -3.53. The molecule has 1 rings (SSSR count). The van der Waals surface area contributed by atoms with E-state index in [1.54, 1.807) is 6.07 Å². The normalized spacial score (nSPS) is 12.6. The molecule has 0 aliphatic rings. The Morgan fingerprint density at radius 2 is 2.28 bits per heavy atom. The van der Waals surface area contributed by atoms with Gasteiger partial charge < -0.3 is 5.32 Å². The number of rotatable bonds is 3. The number of carbonyl (C=O) groups is 1. The van der Waals surface area contributed by atoms with E-state index < -0.39 is 23.7 Å². The van der Waals surface area contributed by atoms with E-state index in [0.717, 1.165) is 6.20 Å². The molecule has 1 aromatic rings. The van der Waals surface area contributed by atoms with E-state index in [2.05, 4.69) is 10.3 Å². The number of nitriles is 1. The largest absolute Gasteiger partial charge is 0.433 e. The van der Waals surface area contributed by atoms with Crippen LogP contribution >= 0.6 is 0 Å². The molecule has 1 N–H and O–H groups in total. The summed E-state index contributed by atoms with van der Waals surface area (Å²) < 4.78 is 37.7. The van der Waals surface area contributed by atoms with Crippen LogP contribution in [0.25, 0.3) is 0 Å². The second-order valence-corrected chi connectivity index (χ2v) is 3.58. The van der Waals surface area contributed by atoms with Crippen LogP contribution in [-0.4, -0.2) is 10.9 Å². The fourth-order valence-corrected chi connectivity index (χ4v) is 1.23. The second-order valence-electron chi connectivity index (χ2n) is 3.58. The number of carbonyl (C=O) groups excluding carboxylic acids is 1. The van der Waals surface area contributed by atoms with Gasteiger partial charge in [-0.2, -0.15) is 18.4 Å². The second kappa shape index (κ2) is 5.49. The first-order chi connectivity index (χ1) is 8.36.